The number of pyridine rings is 1. The van der Waals surface area contributed by atoms with Crippen LogP contribution >= 0.6 is 0 Å². The molecule has 1 aromatic carbocycles. The lowest BCUT2D eigenvalue weighted by molar-refractivity contribution is 0.318. The van der Waals surface area contributed by atoms with Gasteiger partial charge in [0.1, 0.15) is 5.82 Å². The van der Waals surface area contributed by atoms with E-state index in [9.17, 15) is 0 Å². The first-order chi connectivity index (χ1) is 9.60. The SMILES string of the molecule is Cc1cc(/C(N)=N/O)cc(N(C)Cc2ccccc2)n1. The smallest absolute Gasteiger partial charge is 0.170 e. The van der Waals surface area contributed by atoms with E-state index in [1.807, 2.05) is 43.1 Å². The summed E-state index contributed by atoms with van der Waals surface area (Å²) in [6.45, 7) is 2.63. The fourth-order valence-electron chi connectivity index (χ4n) is 1.99. The summed E-state index contributed by atoms with van der Waals surface area (Å²) < 4.78 is 0. The van der Waals surface area contributed by atoms with Gasteiger partial charge in [0.2, 0.25) is 0 Å². The molecule has 3 N–H and O–H groups in total. The van der Waals surface area contributed by atoms with Crippen LogP contribution in [0.1, 0.15) is 16.8 Å². The maximum atomic E-state index is 8.77. The molecule has 0 fully saturated rings. The number of nitrogens with zero attached hydrogens (tertiary/aromatic N) is 3. The van der Waals surface area contributed by atoms with Crippen LogP contribution in [0.15, 0.2) is 47.6 Å². The van der Waals surface area contributed by atoms with Crippen LogP contribution in [0, 0.1) is 6.92 Å². The quantitative estimate of drug-likeness (QED) is 0.386. The van der Waals surface area contributed by atoms with Crippen LogP contribution < -0.4 is 10.6 Å². The van der Waals surface area contributed by atoms with Crippen LogP contribution in [0.4, 0.5) is 5.82 Å². The van der Waals surface area contributed by atoms with Gasteiger partial charge in [-0.2, -0.15) is 0 Å². The van der Waals surface area contributed by atoms with Gasteiger partial charge in [0.25, 0.3) is 0 Å². The van der Waals surface area contributed by atoms with E-state index in [0.717, 1.165) is 18.1 Å². The number of benzene rings is 1. The zero-order valence-corrected chi connectivity index (χ0v) is 11.6. The van der Waals surface area contributed by atoms with Gasteiger partial charge in [-0.3, -0.25) is 0 Å². The molecule has 5 heteroatoms. The lowest BCUT2D eigenvalue weighted by atomic mass is 10.2. The Hall–Kier alpha value is -2.56. The molecule has 0 aliphatic rings. The second-order valence-corrected chi connectivity index (χ2v) is 4.68. The molecule has 2 aromatic rings. The van der Waals surface area contributed by atoms with Crippen molar-refractivity contribution in [2.45, 2.75) is 13.5 Å². The van der Waals surface area contributed by atoms with Gasteiger partial charge < -0.3 is 15.8 Å². The number of aromatic nitrogens is 1. The number of rotatable bonds is 4. The van der Waals surface area contributed by atoms with Crippen molar-refractivity contribution >= 4 is 11.7 Å². The van der Waals surface area contributed by atoms with E-state index in [1.165, 1.54) is 5.56 Å². The summed E-state index contributed by atoms with van der Waals surface area (Å²) >= 11 is 0. The van der Waals surface area contributed by atoms with Gasteiger partial charge in [-0.15, -0.1) is 0 Å². The molecular formula is C15H18N4O. The number of aryl methyl sites for hydroxylation is 1. The minimum absolute atomic E-state index is 0.0878. The third kappa shape index (κ3) is 3.26. The first-order valence-electron chi connectivity index (χ1n) is 6.32. The van der Waals surface area contributed by atoms with E-state index in [2.05, 4.69) is 22.3 Å². The number of anilines is 1. The number of hydrogen-bond acceptors (Lipinski definition) is 4. The summed E-state index contributed by atoms with van der Waals surface area (Å²) in [5, 5.41) is 11.8. The van der Waals surface area contributed by atoms with Gasteiger partial charge in [-0.1, -0.05) is 35.5 Å². The zero-order chi connectivity index (χ0) is 14.5. The van der Waals surface area contributed by atoms with Crippen molar-refractivity contribution in [1.82, 2.24) is 4.98 Å². The predicted molar refractivity (Wildman–Crippen MR) is 80.0 cm³/mol. The van der Waals surface area contributed by atoms with E-state index >= 15 is 0 Å². The summed E-state index contributed by atoms with van der Waals surface area (Å²) in [6, 6.07) is 13.7. The molecule has 0 radical (unpaired) electrons. The highest BCUT2D eigenvalue weighted by molar-refractivity contribution is 5.97. The molecule has 5 nitrogen and oxygen atoms in total. The average molecular weight is 270 g/mol. The number of nitrogens with two attached hydrogens (primary N) is 1. The Kier molecular flexibility index (Phi) is 4.20. The lowest BCUT2D eigenvalue weighted by Gasteiger charge is -2.19. The maximum Gasteiger partial charge on any atom is 0.170 e. The molecule has 20 heavy (non-hydrogen) atoms. The Bertz CT molecular complexity index is 611. The van der Waals surface area contributed by atoms with Crippen molar-refractivity contribution < 1.29 is 5.21 Å². The third-order valence-electron chi connectivity index (χ3n) is 3.00. The van der Waals surface area contributed by atoms with Crippen molar-refractivity contribution in [3.8, 4) is 0 Å². The van der Waals surface area contributed by atoms with Gasteiger partial charge in [0.05, 0.1) is 0 Å². The molecule has 1 aromatic heterocycles. The highest BCUT2D eigenvalue weighted by Crippen LogP contribution is 2.16. The second kappa shape index (κ2) is 6.06. The van der Waals surface area contributed by atoms with Gasteiger partial charge in [0.15, 0.2) is 5.84 Å². The molecule has 0 aliphatic heterocycles. The minimum atomic E-state index is 0.0878. The molecule has 0 bridgehead atoms. The highest BCUT2D eigenvalue weighted by Gasteiger charge is 2.08. The molecular weight excluding hydrogens is 252 g/mol. The van der Waals surface area contributed by atoms with Crippen molar-refractivity contribution in [3.05, 3.63) is 59.3 Å². The standard InChI is InChI=1S/C15H18N4O/c1-11-8-13(15(16)18-20)9-14(17-11)19(2)10-12-6-4-3-5-7-12/h3-9,20H,10H2,1-2H3,(H2,16,18). The Balaban J connectivity index is 2.26. The van der Waals surface area contributed by atoms with Crippen molar-refractivity contribution in [2.75, 3.05) is 11.9 Å². The number of hydrogen-bond donors (Lipinski definition) is 2. The maximum absolute atomic E-state index is 8.77. The number of oxime groups is 1. The lowest BCUT2D eigenvalue weighted by Crippen LogP contribution is -2.20. The predicted octanol–water partition coefficient (Wildman–Crippen LogP) is 2.12. The molecule has 0 saturated heterocycles. The monoisotopic (exact) mass is 270 g/mol. The fourth-order valence-corrected chi connectivity index (χ4v) is 1.99. The van der Waals surface area contributed by atoms with Crippen molar-refractivity contribution in [3.63, 3.8) is 0 Å². The van der Waals surface area contributed by atoms with Crippen LogP contribution in [-0.4, -0.2) is 23.1 Å². The normalized spacial score (nSPS) is 11.4. The molecule has 0 saturated carbocycles. The van der Waals surface area contributed by atoms with Crippen LogP contribution in [0.3, 0.4) is 0 Å². The first-order valence-corrected chi connectivity index (χ1v) is 6.32. The molecule has 1 heterocycles. The van der Waals surface area contributed by atoms with Gasteiger partial charge in [-0.25, -0.2) is 4.98 Å². The third-order valence-corrected chi connectivity index (χ3v) is 3.00. The summed E-state index contributed by atoms with van der Waals surface area (Å²) in [4.78, 5) is 6.50. The van der Waals surface area contributed by atoms with E-state index in [1.54, 1.807) is 6.07 Å². The van der Waals surface area contributed by atoms with Crippen LogP contribution in [-0.2, 0) is 6.54 Å². The molecule has 104 valence electrons. The van der Waals surface area contributed by atoms with Gasteiger partial charge >= 0.3 is 0 Å². The summed E-state index contributed by atoms with van der Waals surface area (Å²) in [5.41, 5.74) is 8.32. The van der Waals surface area contributed by atoms with Crippen LogP contribution in [0.2, 0.25) is 0 Å². The molecule has 0 aliphatic carbocycles. The van der Waals surface area contributed by atoms with Crippen LogP contribution in [0.25, 0.3) is 0 Å². The van der Waals surface area contributed by atoms with E-state index in [4.69, 9.17) is 10.9 Å². The molecule has 0 amide bonds. The molecule has 0 spiro atoms. The largest absolute Gasteiger partial charge is 0.409 e. The fraction of sp³-hybridized carbons (Fsp3) is 0.200. The molecule has 0 unspecified atom stereocenters. The Morgan fingerprint density at radius 3 is 2.65 bits per heavy atom. The minimum Gasteiger partial charge on any atom is -0.409 e. The Morgan fingerprint density at radius 1 is 1.30 bits per heavy atom. The summed E-state index contributed by atoms with van der Waals surface area (Å²) in [6.07, 6.45) is 0. The molecule has 0 atom stereocenters. The first kappa shape index (κ1) is 13.9. The number of amidine groups is 1. The topological polar surface area (TPSA) is 74.7 Å². The van der Waals surface area contributed by atoms with Crippen molar-refractivity contribution in [1.29, 1.82) is 0 Å². The van der Waals surface area contributed by atoms with Gasteiger partial charge in [0, 0.05) is 24.8 Å². The Morgan fingerprint density at radius 2 is 2.00 bits per heavy atom. The average Bonchev–Trinajstić information content (AvgIpc) is 2.46. The highest BCUT2D eigenvalue weighted by atomic mass is 16.4. The van der Waals surface area contributed by atoms with E-state index in [0.29, 0.717) is 5.56 Å². The van der Waals surface area contributed by atoms with Crippen LogP contribution in [0.5, 0.6) is 0 Å². The van der Waals surface area contributed by atoms with E-state index < -0.39 is 0 Å². The van der Waals surface area contributed by atoms with Gasteiger partial charge in [-0.05, 0) is 24.6 Å². The summed E-state index contributed by atoms with van der Waals surface area (Å²) in [7, 11) is 1.96. The summed E-state index contributed by atoms with van der Waals surface area (Å²) in [5.74, 6) is 0.875. The molecule has 2 rings (SSSR count). The van der Waals surface area contributed by atoms with E-state index in [-0.39, 0.29) is 5.84 Å². The zero-order valence-electron chi connectivity index (χ0n) is 11.6. The van der Waals surface area contributed by atoms with Crippen molar-refractivity contribution in [2.24, 2.45) is 10.9 Å². The Labute approximate surface area is 118 Å². The second-order valence-electron chi connectivity index (χ2n) is 4.68.